The van der Waals surface area contributed by atoms with E-state index in [0.29, 0.717) is 36.2 Å². The fourth-order valence-electron chi connectivity index (χ4n) is 2.19. The van der Waals surface area contributed by atoms with E-state index in [1.807, 2.05) is 6.07 Å². The Bertz CT molecular complexity index is 492. The number of nitrogens with zero attached hydrogens (tertiary/aromatic N) is 2. The van der Waals surface area contributed by atoms with Crippen LogP contribution in [0.25, 0.3) is 0 Å². The van der Waals surface area contributed by atoms with Gasteiger partial charge < -0.3 is 20.1 Å². The first-order chi connectivity index (χ1) is 9.21. The zero-order valence-corrected chi connectivity index (χ0v) is 11.3. The zero-order chi connectivity index (χ0) is 13.8. The van der Waals surface area contributed by atoms with E-state index in [1.54, 1.807) is 20.3 Å². The molecule has 0 heterocycles. The fraction of sp³-hybridized carbons (Fsp3) is 0.500. The molecule has 2 rings (SSSR count). The van der Waals surface area contributed by atoms with Crippen LogP contribution in [-0.2, 0) is 0 Å². The minimum Gasteiger partial charge on any atom is -0.493 e. The van der Waals surface area contributed by atoms with Crippen molar-refractivity contribution in [3.05, 3.63) is 12.1 Å². The SMILES string of the molecule is COc1cc(N)c(N(CCC#N)C2CC2)cc1OC. The molecule has 102 valence electrons. The van der Waals surface area contributed by atoms with E-state index >= 15 is 0 Å². The molecule has 1 aromatic rings. The lowest BCUT2D eigenvalue weighted by molar-refractivity contribution is 0.355. The Morgan fingerprint density at radius 3 is 2.47 bits per heavy atom. The molecule has 0 spiro atoms. The first-order valence-corrected chi connectivity index (χ1v) is 6.36. The summed E-state index contributed by atoms with van der Waals surface area (Å²) in [6.07, 6.45) is 2.79. The van der Waals surface area contributed by atoms with Crippen molar-refractivity contribution in [3.63, 3.8) is 0 Å². The molecule has 0 aromatic heterocycles. The van der Waals surface area contributed by atoms with Crippen molar-refractivity contribution in [3.8, 4) is 17.6 Å². The number of methoxy groups -OCH3 is 2. The van der Waals surface area contributed by atoms with Gasteiger partial charge in [0.05, 0.1) is 38.1 Å². The van der Waals surface area contributed by atoms with Crippen LogP contribution in [0.5, 0.6) is 11.5 Å². The van der Waals surface area contributed by atoms with Crippen LogP contribution in [0.2, 0.25) is 0 Å². The average Bonchev–Trinajstić information content (AvgIpc) is 3.24. The number of nitrogens with two attached hydrogens (primary N) is 1. The summed E-state index contributed by atoms with van der Waals surface area (Å²) in [5, 5.41) is 8.76. The summed E-state index contributed by atoms with van der Waals surface area (Å²) in [7, 11) is 3.19. The van der Waals surface area contributed by atoms with Gasteiger partial charge in [0.2, 0.25) is 0 Å². The molecule has 2 N–H and O–H groups in total. The van der Waals surface area contributed by atoms with Crippen LogP contribution in [0.3, 0.4) is 0 Å². The highest BCUT2D eigenvalue weighted by molar-refractivity contribution is 5.74. The highest BCUT2D eigenvalue weighted by Gasteiger charge is 2.30. The number of benzene rings is 1. The minimum atomic E-state index is 0.490. The Hall–Kier alpha value is -2.09. The van der Waals surface area contributed by atoms with Crippen molar-refractivity contribution in [2.45, 2.75) is 25.3 Å². The van der Waals surface area contributed by atoms with Crippen molar-refractivity contribution >= 4 is 11.4 Å². The molecule has 0 saturated heterocycles. The molecule has 0 amide bonds. The number of anilines is 2. The molecule has 1 aliphatic rings. The molecule has 1 saturated carbocycles. The molecule has 5 heteroatoms. The number of nitrogen functional groups attached to an aromatic ring is 1. The van der Waals surface area contributed by atoms with E-state index in [1.165, 1.54) is 0 Å². The molecule has 0 unspecified atom stereocenters. The van der Waals surface area contributed by atoms with E-state index in [2.05, 4.69) is 11.0 Å². The second-order valence-electron chi connectivity index (χ2n) is 4.60. The second-order valence-corrected chi connectivity index (χ2v) is 4.60. The first-order valence-electron chi connectivity index (χ1n) is 6.36. The van der Waals surface area contributed by atoms with Gasteiger partial charge in [-0.05, 0) is 12.8 Å². The molecule has 1 fully saturated rings. The predicted octanol–water partition coefficient (Wildman–Crippen LogP) is 2.17. The summed E-state index contributed by atoms with van der Waals surface area (Å²) < 4.78 is 10.5. The van der Waals surface area contributed by atoms with Gasteiger partial charge in [-0.3, -0.25) is 0 Å². The van der Waals surface area contributed by atoms with Crippen molar-refractivity contribution in [2.75, 3.05) is 31.4 Å². The molecule has 5 nitrogen and oxygen atoms in total. The molecule has 0 bridgehead atoms. The Morgan fingerprint density at radius 2 is 1.95 bits per heavy atom. The number of ether oxygens (including phenoxy) is 2. The standard InChI is InChI=1S/C14H19N3O2/c1-18-13-8-11(16)12(9-14(13)19-2)17(7-3-6-15)10-4-5-10/h8-10H,3-5,7,16H2,1-2H3. The van der Waals surface area contributed by atoms with Crippen molar-refractivity contribution in [1.29, 1.82) is 5.26 Å². The molecule has 0 atom stereocenters. The molecular weight excluding hydrogens is 242 g/mol. The molecule has 0 aliphatic heterocycles. The first kappa shape index (κ1) is 13.3. The van der Waals surface area contributed by atoms with E-state index in [9.17, 15) is 0 Å². The number of rotatable bonds is 6. The summed E-state index contributed by atoms with van der Waals surface area (Å²) in [5.41, 5.74) is 7.68. The smallest absolute Gasteiger partial charge is 0.162 e. The number of nitriles is 1. The zero-order valence-electron chi connectivity index (χ0n) is 11.3. The van der Waals surface area contributed by atoms with Crippen LogP contribution in [0, 0.1) is 11.3 Å². The number of hydrogen-bond acceptors (Lipinski definition) is 5. The van der Waals surface area contributed by atoms with Gasteiger partial charge in [-0.15, -0.1) is 0 Å². The highest BCUT2D eigenvalue weighted by atomic mass is 16.5. The quantitative estimate of drug-likeness (QED) is 0.794. The van der Waals surface area contributed by atoms with Crippen LogP contribution in [0.15, 0.2) is 12.1 Å². The van der Waals surface area contributed by atoms with Crippen LogP contribution in [-0.4, -0.2) is 26.8 Å². The van der Waals surface area contributed by atoms with Gasteiger partial charge in [-0.1, -0.05) is 0 Å². The van der Waals surface area contributed by atoms with Crippen molar-refractivity contribution in [1.82, 2.24) is 0 Å². The Morgan fingerprint density at radius 1 is 1.32 bits per heavy atom. The maximum atomic E-state index is 8.76. The average molecular weight is 261 g/mol. The topological polar surface area (TPSA) is 71.5 Å². The van der Waals surface area contributed by atoms with Crippen LogP contribution in [0.1, 0.15) is 19.3 Å². The maximum Gasteiger partial charge on any atom is 0.162 e. The lowest BCUT2D eigenvalue weighted by Crippen LogP contribution is -2.27. The van der Waals surface area contributed by atoms with Crippen molar-refractivity contribution in [2.24, 2.45) is 0 Å². The monoisotopic (exact) mass is 261 g/mol. The van der Waals surface area contributed by atoms with E-state index in [-0.39, 0.29) is 0 Å². The minimum absolute atomic E-state index is 0.490. The lowest BCUT2D eigenvalue weighted by atomic mass is 10.2. The van der Waals surface area contributed by atoms with Crippen LogP contribution in [0.4, 0.5) is 11.4 Å². The largest absolute Gasteiger partial charge is 0.493 e. The Kier molecular flexibility index (Phi) is 4.00. The van der Waals surface area contributed by atoms with Crippen LogP contribution < -0.4 is 20.1 Å². The predicted molar refractivity (Wildman–Crippen MR) is 74.6 cm³/mol. The van der Waals surface area contributed by atoms with Gasteiger partial charge in [0, 0.05) is 24.7 Å². The van der Waals surface area contributed by atoms with E-state index < -0.39 is 0 Å². The molecule has 0 radical (unpaired) electrons. The Balaban J connectivity index is 2.33. The van der Waals surface area contributed by atoms with Crippen molar-refractivity contribution < 1.29 is 9.47 Å². The van der Waals surface area contributed by atoms with Gasteiger partial charge >= 0.3 is 0 Å². The van der Waals surface area contributed by atoms with Crippen LogP contribution >= 0.6 is 0 Å². The number of hydrogen-bond donors (Lipinski definition) is 1. The molecule has 1 aliphatic carbocycles. The highest BCUT2D eigenvalue weighted by Crippen LogP contribution is 2.40. The van der Waals surface area contributed by atoms with E-state index in [0.717, 1.165) is 18.5 Å². The Labute approximate surface area is 113 Å². The fourth-order valence-corrected chi connectivity index (χ4v) is 2.19. The van der Waals surface area contributed by atoms with Gasteiger partial charge in [0.1, 0.15) is 0 Å². The van der Waals surface area contributed by atoms with Gasteiger partial charge in [0.25, 0.3) is 0 Å². The normalized spacial score (nSPS) is 13.7. The van der Waals surface area contributed by atoms with E-state index in [4.69, 9.17) is 20.5 Å². The molecular formula is C14H19N3O2. The summed E-state index contributed by atoms with van der Waals surface area (Å²) in [4.78, 5) is 2.19. The maximum absolute atomic E-state index is 8.76. The summed E-state index contributed by atoms with van der Waals surface area (Å²) in [5.74, 6) is 1.29. The summed E-state index contributed by atoms with van der Waals surface area (Å²) in [6, 6.07) is 6.34. The summed E-state index contributed by atoms with van der Waals surface area (Å²) in [6.45, 7) is 0.695. The third-order valence-electron chi connectivity index (χ3n) is 3.29. The third-order valence-corrected chi connectivity index (χ3v) is 3.29. The lowest BCUT2D eigenvalue weighted by Gasteiger charge is -2.26. The van der Waals surface area contributed by atoms with Gasteiger partial charge in [0.15, 0.2) is 11.5 Å². The second kappa shape index (κ2) is 5.70. The molecule has 1 aromatic carbocycles. The third kappa shape index (κ3) is 2.84. The van der Waals surface area contributed by atoms with Gasteiger partial charge in [-0.2, -0.15) is 5.26 Å². The summed E-state index contributed by atoms with van der Waals surface area (Å²) >= 11 is 0. The van der Waals surface area contributed by atoms with Gasteiger partial charge in [-0.25, -0.2) is 0 Å². The molecule has 19 heavy (non-hydrogen) atoms.